The summed E-state index contributed by atoms with van der Waals surface area (Å²) in [5.74, 6) is -2.80. The molecule has 0 saturated carbocycles. The number of imidazole rings is 1. The maximum Gasteiger partial charge on any atom is 0.291 e. The fraction of sp³-hybridized carbons (Fsp3) is 0.222. The number of carbonyl (C=O) groups excluding carboxylic acids is 1. The number of para-hydroxylation sites is 2. The van der Waals surface area contributed by atoms with Crippen LogP contribution in [0.2, 0.25) is 5.02 Å². The molecule has 0 bridgehead atoms. The Balaban J connectivity index is 1.80. The summed E-state index contributed by atoms with van der Waals surface area (Å²) in [6.45, 7) is 0.347. The topological polar surface area (TPSA) is 38.1 Å². The van der Waals surface area contributed by atoms with Crippen molar-refractivity contribution in [3.8, 4) is 0 Å². The highest BCUT2D eigenvalue weighted by Gasteiger charge is 2.19. The molecule has 3 rings (SSSR count). The average Bonchev–Trinajstić information content (AvgIpc) is 2.93. The molecule has 0 N–H and O–H groups in total. The van der Waals surface area contributed by atoms with Gasteiger partial charge in [-0.05, 0) is 41.6 Å². The van der Waals surface area contributed by atoms with Gasteiger partial charge < -0.3 is 9.47 Å². The van der Waals surface area contributed by atoms with Gasteiger partial charge in [0.2, 0.25) is 5.91 Å². The first-order valence-electron chi connectivity index (χ1n) is 7.82. The summed E-state index contributed by atoms with van der Waals surface area (Å²) in [6.07, 6.45) is 0. The van der Waals surface area contributed by atoms with Crippen LogP contribution in [-0.2, 0) is 17.9 Å². The highest BCUT2D eigenvalue weighted by atomic mass is 35.5. The molecule has 4 nitrogen and oxygen atoms in total. The Morgan fingerprint density at radius 3 is 2.62 bits per heavy atom. The number of likely N-dealkylation sites (N-methyl/N-ethyl adjacent to an activating group) is 1. The summed E-state index contributed by atoms with van der Waals surface area (Å²) in [4.78, 5) is 18.4. The van der Waals surface area contributed by atoms with E-state index in [4.69, 9.17) is 11.6 Å². The SMILES string of the molecule is CN(Cc1ccc(Cl)cc1)C(=O)Cn1c(SC(F)F)nc2ccccc21. The lowest BCUT2D eigenvalue weighted by atomic mass is 10.2. The third-order valence-corrected chi connectivity index (χ3v) is 4.82. The van der Waals surface area contributed by atoms with E-state index in [1.807, 2.05) is 12.1 Å². The van der Waals surface area contributed by atoms with E-state index in [1.165, 1.54) is 4.57 Å². The van der Waals surface area contributed by atoms with Crippen molar-refractivity contribution < 1.29 is 13.6 Å². The normalized spacial score (nSPS) is 11.3. The number of nitrogens with zero attached hydrogens (tertiary/aromatic N) is 3. The second-order valence-electron chi connectivity index (χ2n) is 5.72. The summed E-state index contributed by atoms with van der Waals surface area (Å²) in [5.41, 5.74) is 2.18. The summed E-state index contributed by atoms with van der Waals surface area (Å²) in [7, 11) is 1.68. The van der Waals surface area contributed by atoms with Crippen LogP contribution in [0.15, 0.2) is 53.7 Å². The third kappa shape index (κ3) is 4.34. The van der Waals surface area contributed by atoms with Gasteiger partial charge in [-0.25, -0.2) is 4.98 Å². The quantitative estimate of drug-likeness (QED) is 0.569. The Kier molecular flexibility index (Phi) is 5.78. The van der Waals surface area contributed by atoms with Gasteiger partial charge in [0.25, 0.3) is 5.76 Å². The van der Waals surface area contributed by atoms with Crippen molar-refractivity contribution in [3.05, 3.63) is 59.1 Å². The molecule has 0 unspecified atom stereocenters. The number of hydrogen-bond donors (Lipinski definition) is 0. The molecule has 3 aromatic rings. The molecule has 0 saturated heterocycles. The van der Waals surface area contributed by atoms with E-state index in [9.17, 15) is 13.6 Å². The smallest absolute Gasteiger partial charge is 0.291 e. The molecule has 26 heavy (non-hydrogen) atoms. The van der Waals surface area contributed by atoms with Crippen LogP contribution in [0.3, 0.4) is 0 Å². The maximum atomic E-state index is 12.8. The Morgan fingerprint density at radius 1 is 1.23 bits per heavy atom. The molecule has 0 atom stereocenters. The molecular formula is C18H16ClF2N3OS. The Bertz CT molecular complexity index is 914. The fourth-order valence-corrected chi connectivity index (χ4v) is 3.31. The van der Waals surface area contributed by atoms with E-state index in [0.29, 0.717) is 34.4 Å². The minimum atomic E-state index is -2.60. The van der Waals surface area contributed by atoms with Crippen LogP contribution >= 0.6 is 23.4 Å². The van der Waals surface area contributed by atoms with Gasteiger partial charge in [-0.15, -0.1) is 0 Å². The monoisotopic (exact) mass is 395 g/mol. The van der Waals surface area contributed by atoms with Gasteiger partial charge in [0, 0.05) is 18.6 Å². The lowest BCUT2D eigenvalue weighted by Gasteiger charge is -2.18. The first-order chi connectivity index (χ1) is 12.4. The number of carbonyl (C=O) groups is 1. The first-order valence-corrected chi connectivity index (χ1v) is 9.08. The second kappa shape index (κ2) is 8.05. The van der Waals surface area contributed by atoms with Crippen LogP contribution in [-0.4, -0.2) is 33.2 Å². The molecule has 136 valence electrons. The number of hydrogen-bond acceptors (Lipinski definition) is 3. The summed E-state index contributed by atoms with van der Waals surface area (Å²) < 4.78 is 27.2. The zero-order chi connectivity index (χ0) is 18.7. The average molecular weight is 396 g/mol. The molecule has 1 heterocycles. The number of rotatable bonds is 6. The number of thioether (sulfide) groups is 1. The zero-order valence-electron chi connectivity index (χ0n) is 13.9. The third-order valence-electron chi connectivity index (χ3n) is 3.87. The number of aromatic nitrogens is 2. The molecular weight excluding hydrogens is 380 g/mol. The Labute approximate surface area is 158 Å². The molecule has 0 radical (unpaired) electrons. The molecule has 0 aliphatic carbocycles. The van der Waals surface area contributed by atoms with Crippen LogP contribution in [0, 0.1) is 0 Å². The Hall–Kier alpha value is -2.12. The molecule has 0 spiro atoms. The van der Waals surface area contributed by atoms with Crippen molar-refractivity contribution >= 4 is 40.3 Å². The largest absolute Gasteiger partial charge is 0.340 e. The molecule has 1 aromatic heterocycles. The lowest BCUT2D eigenvalue weighted by Crippen LogP contribution is -2.30. The van der Waals surface area contributed by atoms with Gasteiger partial charge in [0.1, 0.15) is 6.54 Å². The van der Waals surface area contributed by atoms with E-state index < -0.39 is 5.76 Å². The van der Waals surface area contributed by atoms with Crippen molar-refractivity contribution in [1.82, 2.24) is 14.5 Å². The highest BCUT2D eigenvalue weighted by molar-refractivity contribution is 7.99. The minimum Gasteiger partial charge on any atom is -0.340 e. The standard InChI is InChI=1S/C18H16ClF2N3OS/c1-23(10-12-6-8-13(19)9-7-12)16(25)11-24-15-5-3-2-4-14(15)22-18(24)26-17(20)21/h2-9,17H,10-11H2,1H3. The van der Waals surface area contributed by atoms with Crippen LogP contribution in [0.25, 0.3) is 11.0 Å². The van der Waals surface area contributed by atoms with Crippen LogP contribution in [0.4, 0.5) is 8.78 Å². The van der Waals surface area contributed by atoms with Crippen molar-refractivity contribution in [2.75, 3.05) is 7.05 Å². The van der Waals surface area contributed by atoms with Gasteiger partial charge in [0.05, 0.1) is 11.0 Å². The number of benzene rings is 2. The van der Waals surface area contributed by atoms with Gasteiger partial charge >= 0.3 is 0 Å². The van der Waals surface area contributed by atoms with E-state index in [1.54, 1.807) is 48.3 Å². The van der Waals surface area contributed by atoms with Crippen molar-refractivity contribution in [2.45, 2.75) is 24.0 Å². The van der Waals surface area contributed by atoms with Crippen molar-refractivity contribution in [3.63, 3.8) is 0 Å². The summed E-state index contributed by atoms with van der Waals surface area (Å²) >= 11 is 6.21. The number of alkyl halides is 2. The maximum absolute atomic E-state index is 12.8. The first kappa shape index (κ1) is 18.7. The molecule has 0 aliphatic heterocycles. The van der Waals surface area contributed by atoms with Gasteiger partial charge in [-0.3, -0.25) is 4.79 Å². The number of fused-ring (bicyclic) bond motifs is 1. The summed E-state index contributed by atoms with van der Waals surface area (Å²) in [5, 5.41) is 0.760. The molecule has 2 aromatic carbocycles. The van der Waals surface area contributed by atoms with Gasteiger partial charge in [-0.1, -0.05) is 35.9 Å². The van der Waals surface area contributed by atoms with Crippen LogP contribution in [0.5, 0.6) is 0 Å². The minimum absolute atomic E-state index is 0.0559. The molecule has 0 fully saturated rings. The van der Waals surface area contributed by atoms with Crippen LogP contribution in [0.1, 0.15) is 5.56 Å². The van der Waals surface area contributed by atoms with Gasteiger partial charge in [-0.2, -0.15) is 8.78 Å². The van der Waals surface area contributed by atoms with E-state index >= 15 is 0 Å². The predicted octanol–water partition coefficient (Wildman–Crippen LogP) is 4.66. The van der Waals surface area contributed by atoms with Crippen molar-refractivity contribution in [1.29, 1.82) is 0 Å². The van der Waals surface area contributed by atoms with Crippen LogP contribution < -0.4 is 0 Å². The van der Waals surface area contributed by atoms with E-state index in [0.717, 1.165) is 5.56 Å². The molecule has 1 amide bonds. The number of halogens is 3. The van der Waals surface area contributed by atoms with E-state index in [-0.39, 0.29) is 17.6 Å². The number of amides is 1. The second-order valence-corrected chi connectivity index (χ2v) is 7.12. The zero-order valence-corrected chi connectivity index (χ0v) is 15.5. The van der Waals surface area contributed by atoms with Crippen molar-refractivity contribution in [2.24, 2.45) is 0 Å². The molecule has 8 heteroatoms. The van der Waals surface area contributed by atoms with E-state index in [2.05, 4.69) is 4.98 Å². The predicted molar refractivity (Wildman–Crippen MR) is 99.5 cm³/mol. The Morgan fingerprint density at radius 2 is 1.92 bits per heavy atom. The lowest BCUT2D eigenvalue weighted by molar-refractivity contribution is -0.131. The van der Waals surface area contributed by atoms with Gasteiger partial charge in [0.15, 0.2) is 5.16 Å². The highest BCUT2D eigenvalue weighted by Crippen LogP contribution is 2.28. The summed E-state index contributed by atoms with van der Waals surface area (Å²) in [6, 6.07) is 14.3. The fourth-order valence-electron chi connectivity index (χ4n) is 2.58. The molecule has 0 aliphatic rings.